The van der Waals surface area contributed by atoms with Gasteiger partial charge >= 0.3 is 0 Å². The summed E-state index contributed by atoms with van der Waals surface area (Å²) in [7, 11) is 1.53. The third-order valence-electron chi connectivity index (χ3n) is 6.14. The fraction of sp³-hybridized carbons (Fsp3) is 0.448. The molecule has 2 rings (SSSR count). The number of halogens is 1. The van der Waals surface area contributed by atoms with Crippen molar-refractivity contribution in [1.82, 2.24) is 10.6 Å². The number of ether oxygens (including phenoxy) is 1. The quantitative estimate of drug-likeness (QED) is 0.294. The standard InChI is InChI=1S/C29H37BrN2O6S/c1-5-9-21(22-14-20(30)12-13-25(22)38-4)28(36)32-27(18(2)3)29(37)31-23(15-26(34)35)24(33)17-39-16-19-10-7-6-8-11-19/h6-8,10-14,18,21,23,27H,5,9,15-17H2,1-4H3,(H,31,37)(H,32,36)(H,34,35)/p-1. The van der Waals surface area contributed by atoms with E-state index in [0.717, 1.165) is 16.5 Å². The second kappa shape index (κ2) is 16.3. The van der Waals surface area contributed by atoms with Crippen molar-refractivity contribution in [3.8, 4) is 5.75 Å². The van der Waals surface area contributed by atoms with E-state index in [9.17, 15) is 24.3 Å². The van der Waals surface area contributed by atoms with Crippen molar-refractivity contribution < 1.29 is 29.0 Å². The number of carboxylic acids is 1. The van der Waals surface area contributed by atoms with Crippen LogP contribution in [0.25, 0.3) is 0 Å². The second-order valence-corrected chi connectivity index (χ2v) is 11.4. The number of thioether (sulfide) groups is 1. The lowest BCUT2D eigenvalue weighted by molar-refractivity contribution is -0.306. The average molecular weight is 621 g/mol. The van der Waals surface area contributed by atoms with Crippen molar-refractivity contribution in [3.05, 3.63) is 64.1 Å². The maximum Gasteiger partial charge on any atom is 0.243 e. The molecule has 0 aliphatic carbocycles. The molecule has 0 saturated carbocycles. The zero-order valence-corrected chi connectivity index (χ0v) is 25.1. The van der Waals surface area contributed by atoms with E-state index in [2.05, 4.69) is 26.6 Å². The molecule has 0 heterocycles. The molecule has 39 heavy (non-hydrogen) atoms. The van der Waals surface area contributed by atoms with Crippen molar-refractivity contribution in [1.29, 1.82) is 0 Å². The predicted molar refractivity (Wildman–Crippen MR) is 154 cm³/mol. The summed E-state index contributed by atoms with van der Waals surface area (Å²) in [6, 6.07) is 12.7. The third kappa shape index (κ3) is 10.3. The maximum atomic E-state index is 13.5. The van der Waals surface area contributed by atoms with Gasteiger partial charge in [-0.3, -0.25) is 14.4 Å². The summed E-state index contributed by atoms with van der Waals surface area (Å²) in [5, 5.41) is 16.8. The first-order chi connectivity index (χ1) is 18.6. The van der Waals surface area contributed by atoms with Gasteiger partial charge in [-0.15, -0.1) is 11.8 Å². The first-order valence-corrected chi connectivity index (χ1v) is 14.8. The zero-order valence-electron chi connectivity index (χ0n) is 22.7. The van der Waals surface area contributed by atoms with Gasteiger partial charge in [0.2, 0.25) is 11.8 Å². The molecule has 0 aliphatic heterocycles. The SMILES string of the molecule is CCCC(C(=O)NC(C(=O)NC(CC(=O)[O-])C(=O)CSCc1ccccc1)C(C)C)c1cc(Br)ccc1OC. The summed E-state index contributed by atoms with van der Waals surface area (Å²) in [5.74, 6) is -2.61. The number of hydrogen-bond acceptors (Lipinski definition) is 7. The van der Waals surface area contributed by atoms with Crippen LogP contribution in [-0.4, -0.2) is 48.5 Å². The van der Waals surface area contributed by atoms with Gasteiger partial charge in [0.05, 0.1) is 24.8 Å². The Bertz CT molecular complexity index is 1130. The molecule has 2 aromatic rings. The molecule has 0 spiro atoms. The number of hydrogen-bond donors (Lipinski definition) is 2. The number of aliphatic carboxylic acids is 1. The number of methoxy groups -OCH3 is 1. The van der Waals surface area contributed by atoms with Gasteiger partial charge in [-0.2, -0.15) is 0 Å². The molecule has 2 aromatic carbocycles. The Kier molecular flexibility index (Phi) is 13.5. The highest BCUT2D eigenvalue weighted by molar-refractivity contribution is 9.10. The molecular weight excluding hydrogens is 584 g/mol. The van der Waals surface area contributed by atoms with E-state index in [4.69, 9.17) is 4.74 Å². The molecule has 0 bridgehead atoms. The number of nitrogens with one attached hydrogen (secondary N) is 2. The number of carboxylic acid groups (broad SMARTS) is 1. The average Bonchev–Trinajstić information content (AvgIpc) is 2.89. The zero-order chi connectivity index (χ0) is 28.9. The van der Waals surface area contributed by atoms with Crippen LogP contribution < -0.4 is 20.5 Å². The lowest BCUT2D eigenvalue weighted by Crippen LogP contribution is -2.55. The number of rotatable bonds is 16. The summed E-state index contributed by atoms with van der Waals surface area (Å²) in [5.41, 5.74) is 1.72. The minimum atomic E-state index is -1.45. The van der Waals surface area contributed by atoms with E-state index in [1.807, 2.05) is 49.4 Å². The van der Waals surface area contributed by atoms with Gasteiger partial charge in [0.25, 0.3) is 0 Å². The third-order valence-corrected chi connectivity index (χ3v) is 7.66. The number of amides is 2. The van der Waals surface area contributed by atoms with Gasteiger partial charge in [-0.1, -0.05) is 73.5 Å². The number of ketones is 1. The van der Waals surface area contributed by atoms with Crippen molar-refractivity contribution in [3.63, 3.8) is 0 Å². The van der Waals surface area contributed by atoms with Crippen molar-refractivity contribution in [2.45, 2.75) is 63.8 Å². The lowest BCUT2D eigenvalue weighted by Gasteiger charge is -2.27. The summed E-state index contributed by atoms with van der Waals surface area (Å²) >= 11 is 4.78. The normalized spacial score (nSPS) is 13.3. The van der Waals surface area contributed by atoms with Gasteiger partial charge in [0.15, 0.2) is 5.78 Å². The molecule has 10 heteroatoms. The van der Waals surface area contributed by atoms with Gasteiger partial charge in [0.1, 0.15) is 11.8 Å². The fourth-order valence-corrected chi connectivity index (χ4v) is 5.41. The van der Waals surface area contributed by atoms with Crippen LogP contribution in [-0.2, 0) is 24.9 Å². The Morgan fingerprint density at radius 2 is 1.72 bits per heavy atom. The topological polar surface area (TPSA) is 125 Å². The Balaban J connectivity index is 2.15. The van der Waals surface area contributed by atoms with E-state index in [0.29, 0.717) is 23.5 Å². The molecule has 0 saturated heterocycles. The van der Waals surface area contributed by atoms with Crippen LogP contribution in [0.15, 0.2) is 53.0 Å². The Morgan fingerprint density at radius 3 is 2.31 bits per heavy atom. The van der Waals surface area contributed by atoms with Crippen LogP contribution >= 0.6 is 27.7 Å². The largest absolute Gasteiger partial charge is 0.550 e. The molecule has 8 nitrogen and oxygen atoms in total. The second-order valence-electron chi connectivity index (χ2n) is 9.54. The highest BCUT2D eigenvalue weighted by atomic mass is 79.9. The van der Waals surface area contributed by atoms with E-state index >= 15 is 0 Å². The van der Waals surface area contributed by atoms with Crippen molar-refractivity contribution in [2.24, 2.45) is 5.92 Å². The molecule has 3 atom stereocenters. The van der Waals surface area contributed by atoms with Gasteiger partial charge in [-0.05, 0) is 36.1 Å². The van der Waals surface area contributed by atoms with Crippen LogP contribution in [0.3, 0.4) is 0 Å². The molecule has 212 valence electrons. The van der Waals surface area contributed by atoms with Crippen LogP contribution in [0.1, 0.15) is 57.1 Å². The van der Waals surface area contributed by atoms with E-state index in [1.165, 1.54) is 18.9 Å². The van der Waals surface area contributed by atoms with Crippen LogP contribution in [0, 0.1) is 5.92 Å². The number of benzene rings is 2. The van der Waals surface area contributed by atoms with Crippen molar-refractivity contribution in [2.75, 3.05) is 12.9 Å². The lowest BCUT2D eigenvalue weighted by atomic mass is 9.91. The maximum absolute atomic E-state index is 13.5. The van der Waals surface area contributed by atoms with Gasteiger partial charge < -0.3 is 25.3 Å². The molecule has 2 amide bonds. The van der Waals surface area contributed by atoms with Crippen LogP contribution in [0.5, 0.6) is 5.75 Å². The molecule has 0 aromatic heterocycles. The number of carbonyl (C=O) groups excluding carboxylic acids is 4. The first kappa shape index (κ1) is 32.4. The Morgan fingerprint density at radius 1 is 1.03 bits per heavy atom. The highest BCUT2D eigenvalue weighted by Crippen LogP contribution is 2.33. The smallest absolute Gasteiger partial charge is 0.243 e. The minimum Gasteiger partial charge on any atom is -0.550 e. The molecule has 0 fully saturated rings. The molecular formula is C29H36BrN2O6S-. The highest BCUT2D eigenvalue weighted by Gasteiger charge is 2.32. The monoisotopic (exact) mass is 619 g/mol. The number of Topliss-reactive ketones (excluding diaryl/α,β-unsaturated/α-hetero) is 1. The van der Waals surface area contributed by atoms with E-state index in [-0.39, 0.29) is 17.6 Å². The molecule has 0 aliphatic rings. The van der Waals surface area contributed by atoms with Gasteiger partial charge in [0, 0.05) is 28.2 Å². The summed E-state index contributed by atoms with van der Waals surface area (Å²) < 4.78 is 6.26. The van der Waals surface area contributed by atoms with Crippen molar-refractivity contribution >= 4 is 51.3 Å². The van der Waals surface area contributed by atoms with E-state index in [1.54, 1.807) is 19.9 Å². The first-order valence-electron chi connectivity index (χ1n) is 12.9. The Hall–Kier alpha value is -2.85. The van der Waals surface area contributed by atoms with Gasteiger partial charge in [-0.25, -0.2) is 0 Å². The summed E-state index contributed by atoms with van der Waals surface area (Å²) in [6.07, 6.45) is 0.591. The number of carbonyl (C=O) groups is 4. The van der Waals surface area contributed by atoms with Crippen LogP contribution in [0.4, 0.5) is 0 Å². The fourth-order valence-electron chi connectivity index (χ4n) is 4.10. The molecule has 3 unspecified atom stereocenters. The minimum absolute atomic E-state index is 0.0209. The van der Waals surface area contributed by atoms with Crippen LogP contribution in [0.2, 0.25) is 0 Å². The summed E-state index contributed by atoms with van der Waals surface area (Å²) in [6.45, 7) is 5.50. The summed E-state index contributed by atoms with van der Waals surface area (Å²) in [4.78, 5) is 51.0. The van der Waals surface area contributed by atoms with E-state index < -0.39 is 42.1 Å². The molecule has 2 N–H and O–H groups in total. The predicted octanol–water partition coefficient (Wildman–Crippen LogP) is 3.61. The Labute approximate surface area is 242 Å². The molecule has 0 radical (unpaired) electrons.